The predicted octanol–water partition coefficient (Wildman–Crippen LogP) is 0.804. The van der Waals surface area contributed by atoms with Crippen LogP contribution in [-0.2, 0) is 4.79 Å². The van der Waals surface area contributed by atoms with Crippen LogP contribution in [0.4, 0.5) is 6.01 Å². The van der Waals surface area contributed by atoms with E-state index in [4.69, 9.17) is 10.2 Å². The average Bonchev–Trinajstić information content (AvgIpc) is 2.63. The third-order valence-electron chi connectivity index (χ3n) is 2.06. The molecule has 0 spiro atoms. The molecule has 7 heteroatoms. The van der Waals surface area contributed by atoms with Gasteiger partial charge in [0, 0.05) is 5.54 Å². The third kappa shape index (κ3) is 4.33. The minimum Gasteiger partial charge on any atom is -0.406 e. The summed E-state index contributed by atoms with van der Waals surface area (Å²) in [6, 6.07) is -0.601. The summed E-state index contributed by atoms with van der Waals surface area (Å²) in [5.41, 5.74) is 5.32. The molecule has 0 radical (unpaired) electrons. The SMILES string of the molecule is CC(Nc1nnc(C(C)N)o1)C(=O)NC(C)(C)C. The first kappa shape index (κ1) is 14.4. The largest absolute Gasteiger partial charge is 0.406 e. The lowest BCUT2D eigenvalue weighted by Crippen LogP contribution is -2.47. The van der Waals surface area contributed by atoms with E-state index in [0.717, 1.165) is 0 Å². The summed E-state index contributed by atoms with van der Waals surface area (Å²) in [4.78, 5) is 11.8. The molecule has 0 bridgehead atoms. The van der Waals surface area contributed by atoms with Gasteiger partial charge in [-0.05, 0) is 34.6 Å². The summed E-state index contributed by atoms with van der Waals surface area (Å²) in [6.45, 7) is 9.21. The monoisotopic (exact) mass is 255 g/mol. The summed E-state index contributed by atoms with van der Waals surface area (Å²) >= 11 is 0. The number of rotatable bonds is 4. The highest BCUT2D eigenvalue weighted by Crippen LogP contribution is 2.12. The summed E-state index contributed by atoms with van der Waals surface area (Å²) < 4.78 is 5.26. The average molecular weight is 255 g/mol. The van der Waals surface area contributed by atoms with Gasteiger partial charge in [-0.2, -0.15) is 0 Å². The Morgan fingerprint density at radius 2 is 1.94 bits per heavy atom. The number of anilines is 1. The van der Waals surface area contributed by atoms with Crippen LogP contribution in [0.3, 0.4) is 0 Å². The zero-order valence-corrected chi connectivity index (χ0v) is 11.4. The fourth-order valence-corrected chi connectivity index (χ4v) is 1.21. The summed E-state index contributed by atoms with van der Waals surface area (Å²) in [5.74, 6) is 0.198. The Kier molecular flexibility index (Phi) is 4.28. The van der Waals surface area contributed by atoms with E-state index in [1.807, 2.05) is 20.8 Å². The molecule has 0 aromatic carbocycles. The van der Waals surface area contributed by atoms with E-state index in [1.54, 1.807) is 13.8 Å². The highest BCUT2D eigenvalue weighted by Gasteiger charge is 2.21. The normalized spacial score (nSPS) is 15.0. The van der Waals surface area contributed by atoms with Crippen molar-refractivity contribution in [3.8, 4) is 0 Å². The van der Waals surface area contributed by atoms with Gasteiger partial charge >= 0.3 is 6.01 Å². The smallest absolute Gasteiger partial charge is 0.316 e. The first-order chi connectivity index (χ1) is 8.19. The van der Waals surface area contributed by atoms with Crippen molar-refractivity contribution in [3.63, 3.8) is 0 Å². The minimum absolute atomic E-state index is 0.136. The van der Waals surface area contributed by atoms with Crippen molar-refractivity contribution in [2.45, 2.75) is 52.2 Å². The number of nitrogens with two attached hydrogens (primary N) is 1. The number of carbonyl (C=O) groups excluding carboxylic acids is 1. The maximum atomic E-state index is 11.8. The molecule has 4 N–H and O–H groups in total. The number of carbonyl (C=O) groups is 1. The predicted molar refractivity (Wildman–Crippen MR) is 67.9 cm³/mol. The van der Waals surface area contributed by atoms with E-state index in [2.05, 4.69) is 20.8 Å². The van der Waals surface area contributed by atoms with E-state index in [0.29, 0.717) is 5.89 Å². The van der Waals surface area contributed by atoms with Gasteiger partial charge in [-0.15, -0.1) is 5.10 Å². The Morgan fingerprint density at radius 1 is 1.33 bits per heavy atom. The molecular formula is C11H21N5O2. The molecule has 18 heavy (non-hydrogen) atoms. The molecule has 7 nitrogen and oxygen atoms in total. The fraction of sp³-hybridized carbons (Fsp3) is 0.727. The molecule has 0 aliphatic heterocycles. The van der Waals surface area contributed by atoms with Crippen LogP contribution in [0.25, 0.3) is 0 Å². The lowest BCUT2D eigenvalue weighted by molar-refractivity contribution is -0.122. The molecule has 2 unspecified atom stereocenters. The molecular weight excluding hydrogens is 234 g/mol. The van der Waals surface area contributed by atoms with Crippen molar-refractivity contribution in [1.82, 2.24) is 15.5 Å². The molecule has 102 valence electrons. The van der Waals surface area contributed by atoms with Gasteiger partial charge in [0.15, 0.2) is 0 Å². The van der Waals surface area contributed by atoms with E-state index in [-0.39, 0.29) is 23.5 Å². The second-order valence-electron chi connectivity index (χ2n) is 5.34. The highest BCUT2D eigenvalue weighted by molar-refractivity contribution is 5.84. The van der Waals surface area contributed by atoms with Crippen molar-refractivity contribution >= 4 is 11.9 Å². The van der Waals surface area contributed by atoms with E-state index < -0.39 is 6.04 Å². The standard InChI is InChI=1S/C11H21N5O2/c1-6(12)9-15-16-10(18-9)13-7(2)8(17)14-11(3,4)5/h6-7H,12H2,1-5H3,(H,13,16)(H,14,17). The van der Waals surface area contributed by atoms with Crippen LogP contribution in [0.1, 0.15) is 46.6 Å². The molecule has 1 aromatic heterocycles. The van der Waals surface area contributed by atoms with Gasteiger partial charge in [0.1, 0.15) is 6.04 Å². The highest BCUT2D eigenvalue weighted by atomic mass is 16.4. The van der Waals surface area contributed by atoms with Crippen LogP contribution in [-0.4, -0.2) is 27.7 Å². The van der Waals surface area contributed by atoms with E-state index in [1.165, 1.54) is 0 Å². The van der Waals surface area contributed by atoms with Gasteiger partial charge in [0.05, 0.1) is 6.04 Å². The van der Waals surface area contributed by atoms with Gasteiger partial charge in [-0.25, -0.2) is 0 Å². The molecule has 0 fully saturated rings. The first-order valence-electron chi connectivity index (χ1n) is 5.86. The second kappa shape index (κ2) is 5.34. The summed E-state index contributed by atoms with van der Waals surface area (Å²) in [6.07, 6.45) is 0. The van der Waals surface area contributed by atoms with Gasteiger partial charge in [0.25, 0.3) is 0 Å². The van der Waals surface area contributed by atoms with Crippen molar-refractivity contribution in [1.29, 1.82) is 0 Å². The fourth-order valence-electron chi connectivity index (χ4n) is 1.21. The van der Waals surface area contributed by atoms with Gasteiger partial charge in [0.2, 0.25) is 11.8 Å². The Morgan fingerprint density at radius 3 is 2.39 bits per heavy atom. The molecule has 0 aliphatic rings. The molecule has 1 rings (SSSR count). The molecule has 1 aromatic rings. The van der Waals surface area contributed by atoms with Crippen molar-refractivity contribution < 1.29 is 9.21 Å². The molecule has 0 saturated carbocycles. The Hall–Kier alpha value is -1.63. The number of nitrogens with zero attached hydrogens (tertiary/aromatic N) is 2. The Bertz CT molecular complexity index is 408. The third-order valence-corrected chi connectivity index (χ3v) is 2.06. The lowest BCUT2D eigenvalue weighted by atomic mass is 10.1. The molecule has 1 amide bonds. The van der Waals surface area contributed by atoms with Crippen molar-refractivity contribution in [2.24, 2.45) is 5.73 Å². The molecule has 0 saturated heterocycles. The topological polar surface area (TPSA) is 106 Å². The van der Waals surface area contributed by atoms with Crippen molar-refractivity contribution in [3.05, 3.63) is 5.89 Å². The number of hydrogen-bond donors (Lipinski definition) is 3. The van der Waals surface area contributed by atoms with Crippen LogP contribution in [0.2, 0.25) is 0 Å². The maximum Gasteiger partial charge on any atom is 0.316 e. The maximum absolute atomic E-state index is 11.8. The quantitative estimate of drug-likeness (QED) is 0.735. The van der Waals surface area contributed by atoms with Crippen molar-refractivity contribution in [2.75, 3.05) is 5.32 Å². The van der Waals surface area contributed by atoms with Crippen LogP contribution < -0.4 is 16.4 Å². The zero-order chi connectivity index (χ0) is 13.9. The molecule has 0 aliphatic carbocycles. The number of hydrogen-bond acceptors (Lipinski definition) is 6. The van der Waals surface area contributed by atoms with E-state index >= 15 is 0 Å². The molecule has 1 heterocycles. The minimum atomic E-state index is -0.467. The van der Waals surface area contributed by atoms with Gasteiger partial charge in [-0.1, -0.05) is 5.10 Å². The first-order valence-corrected chi connectivity index (χ1v) is 5.86. The van der Waals surface area contributed by atoms with Gasteiger partial charge in [-0.3, -0.25) is 4.79 Å². The van der Waals surface area contributed by atoms with Crippen LogP contribution in [0.5, 0.6) is 0 Å². The zero-order valence-electron chi connectivity index (χ0n) is 11.4. The Labute approximate surface area is 107 Å². The second-order valence-corrected chi connectivity index (χ2v) is 5.34. The Balaban J connectivity index is 2.58. The van der Waals surface area contributed by atoms with E-state index in [9.17, 15) is 4.79 Å². The number of aromatic nitrogens is 2. The summed E-state index contributed by atoms with van der Waals surface area (Å²) in [5, 5.41) is 13.2. The molecule has 2 atom stereocenters. The summed E-state index contributed by atoms with van der Waals surface area (Å²) in [7, 11) is 0. The van der Waals surface area contributed by atoms with Gasteiger partial charge < -0.3 is 20.8 Å². The van der Waals surface area contributed by atoms with Crippen LogP contribution in [0.15, 0.2) is 4.42 Å². The lowest BCUT2D eigenvalue weighted by Gasteiger charge is -2.23. The van der Waals surface area contributed by atoms with Crippen LogP contribution in [0, 0.1) is 0 Å². The van der Waals surface area contributed by atoms with Crippen LogP contribution >= 0.6 is 0 Å². The number of amides is 1. The number of nitrogens with one attached hydrogen (secondary N) is 2.